The highest BCUT2D eigenvalue weighted by Gasteiger charge is 2.15. The van der Waals surface area contributed by atoms with Gasteiger partial charge in [0.05, 0.1) is 30.1 Å². The van der Waals surface area contributed by atoms with Crippen molar-refractivity contribution in [1.82, 2.24) is 31.2 Å². The molecule has 0 saturated heterocycles. The molecule has 4 rings (SSSR count). The van der Waals surface area contributed by atoms with Crippen LogP contribution >= 0.6 is 0 Å². The van der Waals surface area contributed by atoms with Crippen LogP contribution < -0.4 is 15.6 Å². The summed E-state index contributed by atoms with van der Waals surface area (Å²) in [7, 11) is 1.59. The van der Waals surface area contributed by atoms with Gasteiger partial charge in [0.1, 0.15) is 11.4 Å². The Hall–Kier alpha value is -4.14. The molecule has 2 amide bonds. The fourth-order valence-corrected chi connectivity index (χ4v) is 2.75. The lowest BCUT2D eigenvalue weighted by atomic mass is 10.1. The molecule has 0 aliphatic carbocycles. The van der Waals surface area contributed by atoms with E-state index in [1.807, 2.05) is 18.2 Å². The first-order chi connectivity index (χ1) is 13.7. The van der Waals surface area contributed by atoms with Gasteiger partial charge in [-0.1, -0.05) is 12.1 Å². The number of aromatic amines is 2. The minimum absolute atomic E-state index is 0.214. The fraction of sp³-hybridized carbons (Fsp3) is 0.0526. The molecule has 4 N–H and O–H groups in total. The van der Waals surface area contributed by atoms with Crippen LogP contribution in [0.2, 0.25) is 0 Å². The lowest BCUT2D eigenvalue weighted by molar-refractivity contribution is 0.0844. The number of para-hydroxylation sites is 1. The van der Waals surface area contributed by atoms with E-state index in [-0.39, 0.29) is 5.69 Å². The standard InChI is InChI=1S/C19H16N6O3/c1-28-13-7-5-11(6-8-13)15-9-16(22-21-15)19(27)25-24-18(26)14-4-2-3-12-10-20-23-17(12)14/h2-10H,1H3,(H,20,23)(H,21,22)(H,24,26)(H,25,27). The van der Waals surface area contributed by atoms with Crippen LogP contribution in [0.3, 0.4) is 0 Å². The third-order valence-corrected chi connectivity index (χ3v) is 4.22. The minimum Gasteiger partial charge on any atom is -0.497 e. The highest BCUT2D eigenvalue weighted by atomic mass is 16.5. The zero-order valence-corrected chi connectivity index (χ0v) is 14.8. The van der Waals surface area contributed by atoms with E-state index in [4.69, 9.17) is 4.74 Å². The zero-order chi connectivity index (χ0) is 19.5. The summed E-state index contributed by atoms with van der Waals surface area (Å²) in [6.07, 6.45) is 1.62. The highest BCUT2D eigenvalue weighted by Crippen LogP contribution is 2.21. The molecule has 9 nitrogen and oxygen atoms in total. The van der Waals surface area contributed by atoms with Crippen molar-refractivity contribution in [3.05, 3.63) is 66.0 Å². The van der Waals surface area contributed by atoms with E-state index in [0.717, 1.165) is 16.7 Å². The summed E-state index contributed by atoms with van der Waals surface area (Å²) in [5.74, 6) is -0.247. The number of hydrogen-bond donors (Lipinski definition) is 4. The third-order valence-electron chi connectivity index (χ3n) is 4.22. The zero-order valence-electron chi connectivity index (χ0n) is 14.8. The van der Waals surface area contributed by atoms with Crippen molar-refractivity contribution in [1.29, 1.82) is 0 Å². The number of fused-ring (bicyclic) bond motifs is 1. The predicted molar refractivity (Wildman–Crippen MR) is 102 cm³/mol. The van der Waals surface area contributed by atoms with Gasteiger partial charge in [-0.15, -0.1) is 0 Å². The van der Waals surface area contributed by atoms with Crippen LogP contribution in [-0.4, -0.2) is 39.3 Å². The molecular weight excluding hydrogens is 360 g/mol. The largest absolute Gasteiger partial charge is 0.497 e. The quantitative estimate of drug-likeness (QED) is 0.406. The van der Waals surface area contributed by atoms with E-state index in [2.05, 4.69) is 31.2 Å². The van der Waals surface area contributed by atoms with E-state index in [0.29, 0.717) is 16.8 Å². The van der Waals surface area contributed by atoms with Crippen molar-refractivity contribution in [3.63, 3.8) is 0 Å². The van der Waals surface area contributed by atoms with E-state index >= 15 is 0 Å². The van der Waals surface area contributed by atoms with Gasteiger partial charge in [-0.3, -0.25) is 30.6 Å². The molecule has 0 bridgehead atoms. The van der Waals surface area contributed by atoms with Crippen LogP contribution in [0.4, 0.5) is 0 Å². The number of methoxy groups -OCH3 is 1. The first-order valence-electron chi connectivity index (χ1n) is 8.38. The number of ether oxygens (including phenoxy) is 1. The van der Waals surface area contributed by atoms with Crippen LogP contribution in [0, 0.1) is 0 Å². The summed E-state index contributed by atoms with van der Waals surface area (Å²) < 4.78 is 5.12. The minimum atomic E-state index is -0.516. The van der Waals surface area contributed by atoms with Gasteiger partial charge in [0, 0.05) is 10.9 Å². The Bertz CT molecular complexity index is 1150. The number of carbonyl (C=O) groups is 2. The monoisotopic (exact) mass is 376 g/mol. The topological polar surface area (TPSA) is 125 Å². The second-order valence-corrected chi connectivity index (χ2v) is 5.94. The maximum absolute atomic E-state index is 12.4. The van der Waals surface area contributed by atoms with Gasteiger partial charge in [0.2, 0.25) is 0 Å². The van der Waals surface area contributed by atoms with Crippen LogP contribution in [0.15, 0.2) is 54.7 Å². The van der Waals surface area contributed by atoms with Crippen LogP contribution in [-0.2, 0) is 0 Å². The number of rotatable bonds is 4. The van der Waals surface area contributed by atoms with Gasteiger partial charge in [-0.05, 0) is 36.4 Å². The van der Waals surface area contributed by atoms with E-state index < -0.39 is 11.8 Å². The number of carbonyl (C=O) groups excluding carboxylic acids is 2. The van der Waals surface area contributed by atoms with Crippen LogP contribution in [0.1, 0.15) is 20.8 Å². The number of amides is 2. The lowest BCUT2D eigenvalue weighted by Crippen LogP contribution is -2.41. The Kier molecular flexibility index (Phi) is 4.47. The number of hydrogen-bond acceptors (Lipinski definition) is 5. The molecule has 9 heteroatoms. The Labute approximate surface area is 159 Å². The normalized spacial score (nSPS) is 10.6. The molecular formula is C19H16N6O3. The van der Waals surface area contributed by atoms with Gasteiger partial charge < -0.3 is 4.74 Å². The highest BCUT2D eigenvalue weighted by molar-refractivity contribution is 6.06. The van der Waals surface area contributed by atoms with Crippen molar-refractivity contribution in [2.24, 2.45) is 0 Å². The molecule has 28 heavy (non-hydrogen) atoms. The summed E-state index contributed by atoms with van der Waals surface area (Å²) in [6, 6.07) is 14.1. The van der Waals surface area contributed by atoms with Gasteiger partial charge in [0.25, 0.3) is 11.8 Å². The summed E-state index contributed by atoms with van der Waals surface area (Å²) >= 11 is 0. The van der Waals surface area contributed by atoms with E-state index in [1.54, 1.807) is 43.6 Å². The molecule has 2 aromatic carbocycles. The van der Waals surface area contributed by atoms with Crippen molar-refractivity contribution in [2.75, 3.05) is 7.11 Å². The van der Waals surface area contributed by atoms with E-state index in [9.17, 15) is 9.59 Å². The second kappa shape index (κ2) is 7.23. The lowest BCUT2D eigenvalue weighted by Gasteiger charge is -2.06. The first kappa shape index (κ1) is 17.3. The van der Waals surface area contributed by atoms with Crippen molar-refractivity contribution < 1.29 is 14.3 Å². The van der Waals surface area contributed by atoms with Crippen LogP contribution in [0.5, 0.6) is 5.75 Å². The Morgan fingerprint density at radius 1 is 1.00 bits per heavy atom. The Balaban J connectivity index is 1.43. The Morgan fingerprint density at radius 3 is 2.57 bits per heavy atom. The number of nitrogens with one attached hydrogen (secondary N) is 4. The van der Waals surface area contributed by atoms with Gasteiger partial charge >= 0.3 is 0 Å². The molecule has 0 unspecified atom stereocenters. The first-order valence-corrected chi connectivity index (χ1v) is 8.38. The summed E-state index contributed by atoms with van der Waals surface area (Å²) in [5.41, 5.74) is 7.37. The number of H-pyrrole nitrogens is 2. The summed E-state index contributed by atoms with van der Waals surface area (Å²) in [5, 5.41) is 14.3. The van der Waals surface area contributed by atoms with Gasteiger partial charge in [0.15, 0.2) is 0 Å². The number of nitrogens with zero attached hydrogens (tertiary/aromatic N) is 2. The molecule has 2 heterocycles. The molecule has 0 aliphatic heterocycles. The SMILES string of the molecule is COc1ccc(-c2cc(C(=O)NNC(=O)c3cccc4cn[nH]c34)[nH]n2)cc1. The van der Waals surface area contributed by atoms with Crippen molar-refractivity contribution in [2.45, 2.75) is 0 Å². The fourth-order valence-electron chi connectivity index (χ4n) is 2.75. The smallest absolute Gasteiger partial charge is 0.287 e. The molecule has 0 spiro atoms. The second-order valence-electron chi connectivity index (χ2n) is 5.94. The van der Waals surface area contributed by atoms with Crippen molar-refractivity contribution in [3.8, 4) is 17.0 Å². The molecule has 2 aromatic heterocycles. The van der Waals surface area contributed by atoms with Gasteiger partial charge in [-0.25, -0.2) is 0 Å². The number of aromatic nitrogens is 4. The van der Waals surface area contributed by atoms with Crippen molar-refractivity contribution >= 4 is 22.7 Å². The van der Waals surface area contributed by atoms with E-state index in [1.165, 1.54) is 0 Å². The maximum atomic E-state index is 12.4. The molecule has 0 atom stereocenters. The predicted octanol–water partition coefficient (Wildman–Crippen LogP) is 2.04. The average Bonchev–Trinajstić information content (AvgIpc) is 3.41. The molecule has 0 aliphatic rings. The Morgan fingerprint density at radius 2 is 1.79 bits per heavy atom. The van der Waals surface area contributed by atoms with Gasteiger partial charge in [-0.2, -0.15) is 10.2 Å². The number of benzene rings is 2. The summed E-state index contributed by atoms with van der Waals surface area (Å²) in [4.78, 5) is 24.7. The number of hydrazine groups is 1. The summed E-state index contributed by atoms with van der Waals surface area (Å²) in [6.45, 7) is 0. The molecule has 0 fully saturated rings. The molecule has 4 aromatic rings. The van der Waals surface area contributed by atoms with Crippen LogP contribution in [0.25, 0.3) is 22.2 Å². The molecule has 0 saturated carbocycles. The maximum Gasteiger partial charge on any atom is 0.287 e. The molecule has 140 valence electrons. The molecule has 0 radical (unpaired) electrons. The average molecular weight is 376 g/mol. The third kappa shape index (κ3) is 3.28.